The van der Waals surface area contributed by atoms with Crippen LogP contribution in [0.2, 0.25) is 0 Å². The van der Waals surface area contributed by atoms with Crippen molar-refractivity contribution in [2.75, 3.05) is 0 Å². The molecule has 2 aromatic rings. The zero-order chi connectivity index (χ0) is 19.4. The second kappa shape index (κ2) is 8.44. The van der Waals surface area contributed by atoms with E-state index >= 15 is 0 Å². The number of ether oxygens (including phenoxy) is 1. The number of carbonyl (C=O) groups excluding carboxylic acids is 2. The minimum atomic E-state index is -0.726. The summed E-state index contributed by atoms with van der Waals surface area (Å²) in [5.74, 6) is -0.762. The van der Waals surface area contributed by atoms with Crippen LogP contribution in [-0.2, 0) is 9.53 Å². The Balaban J connectivity index is 2.07. The molecule has 1 aromatic carbocycles. The second-order valence-corrected chi connectivity index (χ2v) is 7.78. The minimum Gasteiger partial charge on any atom is -0.447 e. The third-order valence-electron chi connectivity index (χ3n) is 3.66. The van der Waals surface area contributed by atoms with Crippen LogP contribution in [0.5, 0.6) is 0 Å². The maximum atomic E-state index is 13.3. The molecule has 0 aliphatic carbocycles. The average Bonchev–Trinajstić information content (AvgIpc) is 2.94. The normalized spacial score (nSPS) is 13.7. The van der Waals surface area contributed by atoms with E-state index in [9.17, 15) is 14.0 Å². The lowest BCUT2D eigenvalue weighted by atomic mass is 10.0. The van der Waals surface area contributed by atoms with Crippen molar-refractivity contribution < 1.29 is 18.7 Å². The Hall–Kier alpha value is -2.22. The van der Waals surface area contributed by atoms with Crippen molar-refractivity contribution in [2.45, 2.75) is 52.8 Å². The number of carbonyl (C=O) groups is 2. The van der Waals surface area contributed by atoms with Gasteiger partial charge < -0.3 is 15.4 Å². The first-order valence-electron chi connectivity index (χ1n) is 8.51. The predicted molar refractivity (Wildman–Crippen MR) is 99.5 cm³/mol. The fourth-order valence-electron chi connectivity index (χ4n) is 2.38. The number of halogens is 1. The number of fused-ring (bicyclic) bond motifs is 1. The molecule has 1 heterocycles. The summed E-state index contributed by atoms with van der Waals surface area (Å²) in [6.07, 6.45) is -0.898. The van der Waals surface area contributed by atoms with Gasteiger partial charge in [-0.1, -0.05) is 13.8 Å². The first-order chi connectivity index (χ1) is 12.2. The zero-order valence-electron chi connectivity index (χ0n) is 15.5. The predicted octanol–water partition coefficient (Wildman–Crippen LogP) is 3.77. The number of benzene rings is 1. The van der Waals surface area contributed by atoms with Crippen LogP contribution in [-0.4, -0.2) is 29.1 Å². The number of nitrogens with zero attached hydrogens (tertiary/aromatic N) is 1. The van der Waals surface area contributed by atoms with E-state index in [0.29, 0.717) is 10.5 Å². The maximum Gasteiger partial charge on any atom is 0.408 e. The van der Waals surface area contributed by atoms with Crippen molar-refractivity contribution in [3.05, 3.63) is 29.0 Å². The number of hydrogen-bond acceptors (Lipinski definition) is 5. The van der Waals surface area contributed by atoms with Gasteiger partial charge in [-0.15, -0.1) is 11.3 Å². The SMILES string of the molecule is CC(C)OC(=O)NC(C(=O)N[C@H](C)c1nc2ccc(F)cc2s1)C(C)C. The van der Waals surface area contributed by atoms with Gasteiger partial charge in [-0.3, -0.25) is 4.79 Å². The van der Waals surface area contributed by atoms with Crippen LogP contribution < -0.4 is 10.6 Å². The van der Waals surface area contributed by atoms with Gasteiger partial charge in [0.25, 0.3) is 0 Å². The van der Waals surface area contributed by atoms with Gasteiger partial charge in [0.2, 0.25) is 5.91 Å². The summed E-state index contributed by atoms with van der Waals surface area (Å²) in [5, 5.41) is 6.13. The van der Waals surface area contributed by atoms with Crippen LogP contribution in [0, 0.1) is 11.7 Å². The summed E-state index contributed by atoms with van der Waals surface area (Å²) < 4.78 is 19.1. The van der Waals surface area contributed by atoms with E-state index in [2.05, 4.69) is 15.6 Å². The van der Waals surface area contributed by atoms with Crippen LogP contribution in [0.25, 0.3) is 10.2 Å². The molecule has 1 unspecified atom stereocenters. The molecule has 0 fully saturated rings. The van der Waals surface area contributed by atoms with Crippen molar-refractivity contribution in [1.82, 2.24) is 15.6 Å². The highest BCUT2D eigenvalue weighted by Gasteiger charge is 2.27. The number of hydrogen-bond donors (Lipinski definition) is 2. The number of thiazole rings is 1. The number of aromatic nitrogens is 1. The van der Waals surface area contributed by atoms with Crippen LogP contribution in [0.4, 0.5) is 9.18 Å². The van der Waals surface area contributed by atoms with Crippen molar-refractivity contribution in [3.63, 3.8) is 0 Å². The maximum absolute atomic E-state index is 13.3. The number of amides is 2. The number of alkyl carbamates (subject to hydrolysis) is 1. The molecule has 0 radical (unpaired) electrons. The standard InChI is InChI=1S/C18H24FN3O3S/c1-9(2)15(22-18(24)25-10(3)4)16(23)20-11(5)17-21-13-7-6-12(19)8-14(13)26-17/h6-11,15H,1-5H3,(H,20,23)(H,22,24)/t11-,15?/m1/s1. The molecule has 0 saturated heterocycles. The van der Waals surface area contributed by atoms with E-state index in [1.165, 1.54) is 23.5 Å². The summed E-state index contributed by atoms with van der Waals surface area (Å²) in [6.45, 7) is 8.95. The molecule has 0 saturated carbocycles. The fraction of sp³-hybridized carbons (Fsp3) is 0.500. The van der Waals surface area contributed by atoms with E-state index in [4.69, 9.17) is 4.74 Å². The molecule has 26 heavy (non-hydrogen) atoms. The summed E-state index contributed by atoms with van der Waals surface area (Å²) >= 11 is 1.33. The van der Waals surface area contributed by atoms with Gasteiger partial charge in [-0.05, 0) is 44.9 Å². The summed E-state index contributed by atoms with van der Waals surface area (Å²) in [6, 6.07) is 3.29. The molecule has 2 rings (SSSR count). The van der Waals surface area contributed by atoms with Crippen LogP contribution in [0.1, 0.15) is 45.7 Å². The quantitative estimate of drug-likeness (QED) is 0.798. The Morgan fingerprint density at radius 1 is 1.15 bits per heavy atom. The molecule has 8 heteroatoms. The van der Waals surface area contributed by atoms with Crippen molar-refractivity contribution in [3.8, 4) is 0 Å². The fourth-order valence-corrected chi connectivity index (χ4v) is 3.37. The summed E-state index contributed by atoms with van der Waals surface area (Å²) in [5.41, 5.74) is 0.687. The Kier molecular flexibility index (Phi) is 6.52. The number of nitrogens with one attached hydrogen (secondary N) is 2. The molecule has 142 valence electrons. The van der Waals surface area contributed by atoms with Crippen LogP contribution in [0.15, 0.2) is 18.2 Å². The second-order valence-electron chi connectivity index (χ2n) is 6.71. The van der Waals surface area contributed by atoms with Crippen molar-refractivity contribution >= 4 is 33.6 Å². The molecule has 0 spiro atoms. The van der Waals surface area contributed by atoms with Crippen molar-refractivity contribution in [2.24, 2.45) is 5.92 Å². The van der Waals surface area contributed by atoms with Gasteiger partial charge >= 0.3 is 6.09 Å². The molecular weight excluding hydrogens is 357 g/mol. The van der Waals surface area contributed by atoms with E-state index in [1.807, 2.05) is 13.8 Å². The van der Waals surface area contributed by atoms with Crippen molar-refractivity contribution in [1.29, 1.82) is 0 Å². The van der Waals surface area contributed by atoms with E-state index in [0.717, 1.165) is 4.70 Å². The highest BCUT2D eigenvalue weighted by molar-refractivity contribution is 7.18. The van der Waals surface area contributed by atoms with Gasteiger partial charge in [0.1, 0.15) is 16.9 Å². The van der Waals surface area contributed by atoms with Gasteiger partial charge in [-0.2, -0.15) is 0 Å². The highest BCUT2D eigenvalue weighted by Crippen LogP contribution is 2.27. The highest BCUT2D eigenvalue weighted by atomic mass is 32.1. The first kappa shape index (κ1) is 20.1. The Morgan fingerprint density at radius 2 is 1.85 bits per heavy atom. The van der Waals surface area contributed by atoms with Gasteiger partial charge in [-0.25, -0.2) is 14.2 Å². The zero-order valence-corrected chi connectivity index (χ0v) is 16.3. The lowest BCUT2D eigenvalue weighted by Crippen LogP contribution is -2.50. The molecular formula is C18H24FN3O3S. The third kappa shape index (κ3) is 5.14. The smallest absolute Gasteiger partial charge is 0.408 e. The van der Waals surface area contributed by atoms with Crippen LogP contribution in [0.3, 0.4) is 0 Å². The molecule has 1 aromatic heterocycles. The Labute approximate surface area is 156 Å². The lowest BCUT2D eigenvalue weighted by molar-refractivity contribution is -0.124. The summed E-state index contributed by atoms with van der Waals surface area (Å²) in [4.78, 5) is 28.8. The Bertz CT molecular complexity index is 791. The van der Waals surface area contributed by atoms with Gasteiger partial charge in [0.05, 0.1) is 22.4 Å². The summed E-state index contributed by atoms with van der Waals surface area (Å²) in [7, 11) is 0. The number of rotatable bonds is 6. The molecule has 2 amide bonds. The molecule has 0 aliphatic heterocycles. The van der Waals surface area contributed by atoms with Gasteiger partial charge in [0.15, 0.2) is 0 Å². The molecule has 0 aliphatic rings. The Morgan fingerprint density at radius 3 is 2.46 bits per heavy atom. The topological polar surface area (TPSA) is 80.3 Å². The lowest BCUT2D eigenvalue weighted by Gasteiger charge is -2.23. The average molecular weight is 381 g/mol. The molecule has 2 N–H and O–H groups in total. The molecule has 6 nitrogen and oxygen atoms in total. The van der Waals surface area contributed by atoms with E-state index in [1.54, 1.807) is 26.8 Å². The third-order valence-corrected chi connectivity index (χ3v) is 4.86. The molecule has 0 bridgehead atoms. The monoisotopic (exact) mass is 381 g/mol. The van der Waals surface area contributed by atoms with Crippen LogP contribution >= 0.6 is 11.3 Å². The van der Waals surface area contributed by atoms with E-state index < -0.39 is 12.1 Å². The van der Waals surface area contributed by atoms with E-state index in [-0.39, 0.29) is 29.8 Å². The minimum absolute atomic E-state index is 0.119. The molecule has 2 atom stereocenters. The first-order valence-corrected chi connectivity index (χ1v) is 9.32. The largest absolute Gasteiger partial charge is 0.447 e. The van der Waals surface area contributed by atoms with Gasteiger partial charge in [0, 0.05) is 0 Å².